The van der Waals surface area contributed by atoms with Gasteiger partial charge >= 0.3 is 27.3 Å². The average Bonchev–Trinajstić information content (AvgIpc) is 2.57. The Labute approximate surface area is 163 Å². The molecule has 2 fully saturated rings. The van der Waals surface area contributed by atoms with Crippen LogP contribution >= 0.6 is 0 Å². The van der Waals surface area contributed by atoms with E-state index in [1.807, 2.05) is 0 Å². The zero-order valence-corrected chi connectivity index (χ0v) is 16.6. The summed E-state index contributed by atoms with van der Waals surface area (Å²) in [6.07, 6.45) is 5.10. The largest absolute Gasteiger partial charge is 0.458 e. The standard InChI is InChI=1S/C18H26F2O7S/c1-12(2)16(22)27-17(9-13-4-3-5-14(8-13)10-17)7-6-15(21)26-11-18(19,20)28(23,24)25/h13-14H,1,3-11H2,2H3,(H,23,24,25). The number of hydrogen-bond acceptors (Lipinski definition) is 6. The molecular formula is C18H26F2O7S. The summed E-state index contributed by atoms with van der Waals surface area (Å²) in [5, 5.41) is -4.57. The Kier molecular flexibility index (Phi) is 6.86. The van der Waals surface area contributed by atoms with E-state index >= 15 is 0 Å². The van der Waals surface area contributed by atoms with Crippen LogP contribution in [0.1, 0.15) is 58.3 Å². The molecule has 0 aromatic heterocycles. The van der Waals surface area contributed by atoms with Crippen LogP contribution in [0, 0.1) is 11.8 Å². The van der Waals surface area contributed by atoms with E-state index in [-0.39, 0.29) is 18.4 Å². The first-order valence-corrected chi connectivity index (χ1v) is 10.7. The molecule has 2 aliphatic carbocycles. The van der Waals surface area contributed by atoms with Gasteiger partial charge in [-0.15, -0.1) is 0 Å². The molecule has 2 atom stereocenters. The third kappa shape index (κ3) is 5.73. The predicted octanol–water partition coefficient (Wildman–Crippen LogP) is 3.25. The van der Waals surface area contributed by atoms with E-state index in [4.69, 9.17) is 9.29 Å². The van der Waals surface area contributed by atoms with Crippen LogP contribution in [-0.4, -0.2) is 42.4 Å². The van der Waals surface area contributed by atoms with Crippen molar-refractivity contribution in [1.29, 1.82) is 0 Å². The number of carbonyl (C=O) groups excluding carboxylic acids is 2. The Morgan fingerprint density at radius 3 is 2.32 bits per heavy atom. The van der Waals surface area contributed by atoms with Crippen LogP contribution in [0.15, 0.2) is 12.2 Å². The van der Waals surface area contributed by atoms with E-state index in [2.05, 4.69) is 11.3 Å². The van der Waals surface area contributed by atoms with Gasteiger partial charge in [-0.05, 0) is 44.4 Å². The van der Waals surface area contributed by atoms with E-state index in [1.54, 1.807) is 0 Å². The number of carbonyl (C=O) groups is 2. The lowest BCUT2D eigenvalue weighted by molar-refractivity contribution is -0.169. The molecule has 0 heterocycles. The first-order chi connectivity index (χ1) is 12.8. The number of ether oxygens (including phenoxy) is 2. The fourth-order valence-electron chi connectivity index (χ4n) is 4.17. The van der Waals surface area contributed by atoms with Crippen molar-refractivity contribution in [3.8, 4) is 0 Å². The van der Waals surface area contributed by atoms with Crippen molar-refractivity contribution >= 4 is 22.1 Å². The van der Waals surface area contributed by atoms with Crippen LogP contribution in [0.4, 0.5) is 8.78 Å². The average molecular weight is 424 g/mol. The second kappa shape index (κ2) is 8.44. The molecule has 0 amide bonds. The van der Waals surface area contributed by atoms with Gasteiger partial charge in [-0.2, -0.15) is 17.2 Å². The molecule has 28 heavy (non-hydrogen) atoms. The van der Waals surface area contributed by atoms with Gasteiger partial charge in [0.25, 0.3) is 0 Å². The maximum absolute atomic E-state index is 13.2. The smallest absolute Gasteiger partial charge is 0.402 e. The first kappa shape index (κ1) is 22.7. The van der Waals surface area contributed by atoms with E-state index in [9.17, 15) is 26.8 Å². The summed E-state index contributed by atoms with van der Waals surface area (Å²) in [5.74, 6) is -0.883. The van der Waals surface area contributed by atoms with Gasteiger partial charge in [0.05, 0.1) is 0 Å². The van der Waals surface area contributed by atoms with Crippen LogP contribution in [0.2, 0.25) is 0 Å². The van der Waals surface area contributed by atoms with Gasteiger partial charge < -0.3 is 9.47 Å². The van der Waals surface area contributed by atoms with Gasteiger partial charge in [0.1, 0.15) is 5.60 Å². The van der Waals surface area contributed by atoms with E-state index < -0.39 is 39.5 Å². The van der Waals surface area contributed by atoms with Crippen molar-refractivity contribution in [2.24, 2.45) is 11.8 Å². The quantitative estimate of drug-likeness (QED) is 0.362. The third-order valence-electron chi connectivity index (χ3n) is 5.43. The molecule has 7 nitrogen and oxygen atoms in total. The van der Waals surface area contributed by atoms with Gasteiger partial charge in [0, 0.05) is 12.0 Å². The summed E-state index contributed by atoms with van der Waals surface area (Å²) in [7, 11) is -5.67. The zero-order valence-electron chi connectivity index (χ0n) is 15.8. The van der Waals surface area contributed by atoms with Crippen LogP contribution in [0.5, 0.6) is 0 Å². The summed E-state index contributed by atoms with van der Waals surface area (Å²) in [4.78, 5) is 24.0. The molecule has 2 aliphatic rings. The molecule has 2 rings (SSSR count). The minimum Gasteiger partial charge on any atom is -0.458 e. The first-order valence-electron chi connectivity index (χ1n) is 9.23. The summed E-state index contributed by atoms with van der Waals surface area (Å²) in [6, 6.07) is 0. The molecule has 0 radical (unpaired) electrons. The van der Waals surface area contributed by atoms with E-state index in [1.165, 1.54) is 6.92 Å². The highest BCUT2D eigenvalue weighted by molar-refractivity contribution is 7.86. The summed E-state index contributed by atoms with van der Waals surface area (Å²) in [5.41, 5.74) is -0.667. The van der Waals surface area contributed by atoms with Crippen molar-refractivity contribution in [1.82, 2.24) is 0 Å². The normalized spacial score (nSPS) is 27.7. The number of rotatable bonds is 8. The highest BCUT2D eigenvalue weighted by Crippen LogP contribution is 2.48. The maximum atomic E-state index is 13.2. The lowest BCUT2D eigenvalue weighted by Crippen LogP contribution is -2.45. The van der Waals surface area contributed by atoms with Crippen molar-refractivity contribution in [3.05, 3.63) is 12.2 Å². The summed E-state index contributed by atoms with van der Waals surface area (Å²) >= 11 is 0. The van der Waals surface area contributed by atoms with Gasteiger partial charge in [-0.1, -0.05) is 25.8 Å². The van der Waals surface area contributed by atoms with Crippen LogP contribution in [-0.2, 0) is 29.2 Å². The SMILES string of the molecule is C=C(C)C(=O)OC1(CCC(=O)OCC(F)(F)S(=O)(=O)O)CC2CCCC(C2)C1. The second-order valence-electron chi connectivity index (χ2n) is 7.93. The molecule has 2 unspecified atom stereocenters. The monoisotopic (exact) mass is 424 g/mol. The second-order valence-corrected chi connectivity index (χ2v) is 9.48. The van der Waals surface area contributed by atoms with Crippen molar-refractivity contribution in [3.63, 3.8) is 0 Å². The number of hydrogen-bond donors (Lipinski definition) is 1. The highest BCUT2D eigenvalue weighted by Gasteiger charge is 2.47. The Morgan fingerprint density at radius 1 is 1.25 bits per heavy atom. The lowest BCUT2D eigenvalue weighted by atomic mass is 9.65. The molecule has 0 aliphatic heterocycles. The van der Waals surface area contributed by atoms with E-state index in [0.717, 1.165) is 25.7 Å². The Hall–Kier alpha value is -1.55. The van der Waals surface area contributed by atoms with Gasteiger partial charge in [0.2, 0.25) is 0 Å². The molecule has 160 valence electrons. The topological polar surface area (TPSA) is 107 Å². The third-order valence-corrected chi connectivity index (χ3v) is 6.31. The Bertz CT molecular complexity index is 720. The number of esters is 2. The Balaban J connectivity index is 2.02. The summed E-state index contributed by atoms with van der Waals surface area (Å²) < 4.78 is 66.0. The van der Waals surface area contributed by atoms with Gasteiger partial charge in [0.15, 0.2) is 6.61 Å². The molecule has 2 bridgehead atoms. The number of alkyl halides is 2. The molecule has 2 saturated carbocycles. The van der Waals surface area contributed by atoms with Crippen molar-refractivity contribution in [2.45, 2.75) is 69.1 Å². The van der Waals surface area contributed by atoms with Crippen LogP contribution in [0.3, 0.4) is 0 Å². The molecule has 0 spiro atoms. The minimum absolute atomic E-state index is 0.0926. The zero-order chi connectivity index (χ0) is 21.2. The molecule has 0 saturated heterocycles. The maximum Gasteiger partial charge on any atom is 0.402 e. The minimum atomic E-state index is -5.67. The molecule has 1 N–H and O–H groups in total. The van der Waals surface area contributed by atoms with Gasteiger partial charge in [-0.3, -0.25) is 9.35 Å². The summed E-state index contributed by atoms with van der Waals surface area (Å²) in [6.45, 7) is 3.32. The fourth-order valence-corrected chi connectivity index (χ4v) is 4.38. The lowest BCUT2D eigenvalue weighted by Gasteiger charge is -2.46. The Morgan fingerprint density at radius 2 is 1.82 bits per heavy atom. The van der Waals surface area contributed by atoms with Crippen molar-refractivity contribution in [2.75, 3.05) is 6.61 Å². The fraction of sp³-hybridized carbons (Fsp3) is 0.778. The number of fused-ring (bicyclic) bond motifs is 2. The highest BCUT2D eigenvalue weighted by atomic mass is 32.2. The molecule has 10 heteroatoms. The van der Waals surface area contributed by atoms with E-state index in [0.29, 0.717) is 24.7 Å². The number of halogens is 2. The molecule has 0 aromatic carbocycles. The van der Waals surface area contributed by atoms with Crippen LogP contribution in [0.25, 0.3) is 0 Å². The predicted molar refractivity (Wildman–Crippen MR) is 95.0 cm³/mol. The van der Waals surface area contributed by atoms with Crippen LogP contribution < -0.4 is 0 Å². The van der Waals surface area contributed by atoms with Gasteiger partial charge in [-0.25, -0.2) is 4.79 Å². The molecular weight excluding hydrogens is 398 g/mol. The molecule has 0 aromatic rings. The van der Waals surface area contributed by atoms with Crippen molar-refractivity contribution < 1.29 is 40.8 Å².